The molecule has 2 bridgehead atoms. The van der Waals surface area contributed by atoms with E-state index in [0.717, 1.165) is 11.3 Å². The summed E-state index contributed by atoms with van der Waals surface area (Å²) in [6.07, 6.45) is 1.44. The fraction of sp³-hybridized carbons (Fsp3) is 0.500. The second-order valence-corrected chi connectivity index (χ2v) is 9.30. The first kappa shape index (κ1) is 26.1. The Morgan fingerprint density at radius 3 is 2.71 bits per heavy atom. The van der Waals surface area contributed by atoms with Crippen LogP contribution in [0, 0.1) is 11.8 Å². The molecule has 0 saturated heterocycles. The van der Waals surface area contributed by atoms with Gasteiger partial charge in [0.15, 0.2) is 5.78 Å². The van der Waals surface area contributed by atoms with Gasteiger partial charge in [-0.05, 0) is 37.2 Å². The molecule has 0 fully saturated rings. The predicted molar refractivity (Wildman–Crippen MR) is 127 cm³/mol. The second-order valence-electron chi connectivity index (χ2n) is 9.30. The van der Waals surface area contributed by atoms with Crippen LogP contribution < -0.4 is 10.6 Å². The van der Waals surface area contributed by atoms with Gasteiger partial charge in [-0.2, -0.15) is 0 Å². The smallest absolute Gasteiger partial charge is 0.408 e. The monoisotopic (exact) mass is 483 g/mol. The van der Waals surface area contributed by atoms with Gasteiger partial charge in [0.2, 0.25) is 5.78 Å². The molecule has 1 aromatic carbocycles. The molecule has 2 atom stereocenters. The first-order chi connectivity index (χ1) is 16.8. The summed E-state index contributed by atoms with van der Waals surface area (Å²) in [4.78, 5) is 50.9. The number of hydrogen-bond acceptors (Lipinski definition) is 7. The van der Waals surface area contributed by atoms with Crippen LogP contribution >= 0.6 is 0 Å². The minimum atomic E-state index is -0.825. The summed E-state index contributed by atoms with van der Waals surface area (Å²) in [5, 5.41) is 9.31. The molecule has 1 aliphatic heterocycles. The van der Waals surface area contributed by atoms with Gasteiger partial charge in [0.25, 0.3) is 5.91 Å². The van der Waals surface area contributed by atoms with Gasteiger partial charge < -0.3 is 19.9 Å². The molecule has 2 N–H and O–H groups in total. The molecule has 2 amide bonds. The molecule has 2 unspecified atom stereocenters. The van der Waals surface area contributed by atoms with E-state index in [1.165, 1.54) is 0 Å². The van der Waals surface area contributed by atoms with Crippen LogP contribution in [0.4, 0.5) is 4.79 Å². The third-order valence-electron chi connectivity index (χ3n) is 5.88. The fourth-order valence-corrected chi connectivity index (χ4v) is 4.01. The van der Waals surface area contributed by atoms with Crippen LogP contribution in [-0.2, 0) is 38.6 Å². The SMILES string of the molecule is CC(C)CC(NC(=O)OCc1ccccc1)C(=O)CC1CCc2cc(on2)CCCNC(=O)C1=O. The molecule has 0 spiro atoms. The van der Waals surface area contributed by atoms with Crippen LogP contribution in [0.25, 0.3) is 0 Å². The van der Waals surface area contributed by atoms with E-state index in [4.69, 9.17) is 9.26 Å². The molecule has 2 heterocycles. The highest BCUT2D eigenvalue weighted by Crippen LogP contribution is 2.20. The zero-order valence-electron chi connectivity index (χ0n) is 20.2. The maximum atomic E-state index is 13.2. The van der Waals surface area contributed by atoms with E-state index >= 15 is 0 Å². The van der Waals surface area contributed by atoms with Crippen LogP contribution in [0.5, 0.6) is 0 Å². The molecular formula is C26H33N3O6. The van der Waals surface area contributed by atoms with Crippen molar-refractivity contribution in [2.24, 2.45) is 11.8 Å². The zero-order chi connectivity index (χ0) is 25.2. The Hall–Kier alpha value is -3.49. The molecule has 0 aliphatic carbocycles. The van der Waals surface area contributed by atoms with Crippen molar-refractivity contribution in [3.05, 3.63) is 53.4 Å². The van der Waals surface area contributed by atoms with E-state index < -0.39 is 29.7 Å². The number of benzene rings is 1. The second kappa shape index (κ2) is 12.8. The number of alkyl carbamates (subject to hydrolysis) is 1. The maximum absolute atomic E-state index is 13.2. The number of carbonyl (C=O) groups excluding carboxylic acids is 4. The Kier molecular flexibility index (Phi) is 9.57. The van der Waals surface area contributed by atoms with Crippen molar-refractivity contribution in [1.82, 2.24) is 15.8 Å². The highest BCUT2D eigenvalue weighted by atomic mass is 16.5. The topological polar surface area (TPSA) is 128 Å². The molecule has 35 heavy (non-hydrogen) atoms. The third kappa shape index (κ3) is 8.35. The average molecular weight is 484 g/mol. The molecule has 1 aromatic heterocycles. The molecule has 9 heteroatoms. The van der Waals surface area contributed by atoms with Crippen LogP contribution in [-0.4, -0.2) is 41.3 Å². The Balaban J connectivity index is 1.66. The minimum Gasteiger partial charge on any atom is -0.445 e. The summed E-state index contributed by atoms with van der Waals surface area (Å²) >= 11 is 0. The van der Waals surface area contributed by atoms with Gasteiger partial charge in [0.05, 0.1) is 11.7 Å². The van der Waals surface area contributed by atoms with Crippen molar-refractivity contribution in [3.8, 4) is 0 Å². The maximum Gasteiger partial charge on any atom is 0.408 e. The number of ether oxygens (including phenoxy) is 1. The average Bonchev–Trinajstić information content (AvgIpc) is 3.29. The molecule has 0 saturated carbocycles. The molecule has 1 aliphatic rings. The number of fused-ring (bicyclic) bond motifs is 2. The normalized spacial score (nSPS) is 17.6. The molecule has 188 valence electrons. The van der Waals surface area contributed by atoms with Crippen molar-refractivity contribution >= 4 is 23.6 Å². The van der Waals surface area contributed by atoms with Crippen molar-refractivity contribution in [2.45, 2.75) is 65.0 Å². The van der Waals surface area contributed by atoms with Gasteiger partial charge in [-0.1, -0.05) is 49.3 Å². The fourth-order valence-electron chi connectivity index (χ4n) is 4.01. The number of amides is 2. The molecule has 2 aromatic rings. The number of hydrogen-bond donors (Lipinski definition) is 2. The molecule has 0 radical (unpaired) electrons. The van der Waals surface area contributed by atoms with Crippen molar-refractivity contribution < 1.29 is 28.4 Å². The summed E-state index contributed by atoms with van der Waals surface area (Å²) in [5.41, 5.74) is 1.52. The minimum absolute atomic E-state index is 0.0796. The number of nitrogens with zero attached hydrogens (tertiary/aromatic N) is 1. The lowest BCUT2D eigenvalue weighted by atomic mass is 9.87. The summed E-state index contributed by atoms with van der Waals surface area (Å²) in [7, 11) is 0. The lowest BCUT2D eigenvalue weighted by Crippen LogP contribution is -2.44. The number of aromatic nitrogens is 1. The summed E-state index contributed by atoms with van der Waals surface area (Å²) < 4.78 is 10.6. The summed E-state index contributed by atoms with van der Waals surface area (Å²) in [6.45, 7) is 4.28. The lowest BCUT2D eigenvalue weighted by Gasteiger charge is -2.22. The van der Waals surface area contributed by atoms with E-state index in [2.05, 4.69) is 15.8 Å². The van der Waals surface area contributed by atoms with Crippen molar-refractivity contribution in [2.75, 3.05) is 6.54 Å². The van der Waals surface area contributed by atoms with Crippen LogP contribution in [0.1, 0.15) is 56.5 Å². The van der Waals surface area contributed by atoms with Crippen molar-refractivity contribution in [3.63, 3.8) is 0 Å². The first-order valence-electron chi connectivity index (χ1n) is 12.1. The molecular weight excluding hydrogens is 450 g/mol. The number of Topliss-reactive ketones (excluding diaryl/α,β-unsaturated/α-hetero) is 2. The van der Waals surface area contributed by atoms with Crippen LogP contribution in [0.2, 0.25) is 0 Å². The van der Waals surface area contributed by atoms with Crippen LogP contribution in [0.15, 0.2) is 40.9 Å². The van der Waals surface area contributed by atoms with Crippen LogP contribution in [0.3, 0.4) is 0 Å². The highest BCUT2D eigenvalue weighted by molar-refractivity contribution is 6.37. The summed E-state index contributed by atoms with van der Waals surface area (Å²) in [6, 6.07) is 10.2. The van der Waals surface area contributed by atoms with Gasteiger partial charge in [-0.25, -0.2) is 4.79 Å². The Morgan fingerprint density at radius 2 is 1.97 bits per heavy atom. The van der Waals surface area contributed by atoms with E-state index in [1.807, 2.05) is 50.2 Å². The number of carbonyl (C=O) groups is 4. The Morgan fingerprint density at radius 1 is 1.20 bits per heavy atom. The molecule has 3 rings (SSSR count). The lowest BCUT2D eigenvalue weighted by molar-refractivity contribution is -0.141. The van der Waals surface area contributed by atoms with Gasteiger partial charge >= 0.3 is 6.09 Å². The Bertz CT molecular complexity index is 1020. The molecule has 9 nitrogen and oxygen atoms in total. The number of rotatable bonds is 8. The summed E-state index contributed by atoms with van der Waals surface area (Å²) in [5.74, 6) is -1.61. The van der Waals surface area contributed by atoms with Crippen molar-refractivity contribution in [1.29, 1.82) is 0 Å². The first-order valence-corrected chi connectivity index (χ1v) is 12.1. The standard InChI is InChI=1S/C26H33N3O6/c1-17(2)13-22(28-26(33)34-16-18-7-4-3-5-8-18)23(30)14-19-10-11-20-15-21(35-29-20)9-6-12-27-25(32)24(19)31/h3-5,7-8,15,17,19,22H,6,9-14,16H2,1-2H3,(H,27,32)(H,28,33). The largest absolute Gasteiger partial charge is 0.445 e. The van der Waals surface area contributed by atoms with E-state index in [1.54, 1.807) is 0 Å². The van der Waals surface area contributed by atoms with E-state index in [0.29, 0.717) is 37.9 Å². The van der Waals surface area contributed by atoms with Gasteiger partial charge in [-0.15, -0.1) is 0 Å². The quantitative estimate of drug-likeness (QED) is 0.552. The third-order valence-corrected chi connectivity index (χ3v) is 5.88. The zero-order valence-corrected chi connectivity index (χ0v) is 20.2. The van der Waals surface area contributed by atoms with Gasteiger partial charge in [0, 0.05) is 31.4 Å². The van der Waals surface area contributed by atoms with Gasteiger partial charge in [-0.3, -0.25) is 14.4 Å². The van der Waals surface area contributed by atoms with Gasteiger partial charge in [0.1, 0.15) is 12.4 Å². The number of aryl methyl sites for hydroxylation is 2. The highest BCUT2D eigenvalue weighted by Gasteiger charge is 2.31. The van der Waals surface area contributed by atoms with E-state index in [-0.39, 0.29) is 31.1 Å². The predicted octanol–water partition coefficient (Wildman–Crippen LogP) is 3.16. The Labute approximate surface area is 205 Å². The van der Waals surface area contributed by atoms with E-state index in [9.17, 15) is 19.2 Å². The number of ketones is 2. The number of nitrogens with one attached hydrogen (secondary N) is 2.